The number of phenols is 1. The van der Waals surface area contributed by atoms with Crippen LogP contribution in [-0.2, 0) is 5.41 Å². The topological polar surface area (TPSA) is 40.5 Å². The first-order chi connectivity index (χ1) is 11.2. The molecule has 4 aliphatic rings. The molecular formula is C20H26ClNO2. The standard InChI is InChI=1S/C20H25NO2.ClH/c22-14-6-7-15-17(11-14)20-8-2-1-3-16(20)18(19(15)23)21(10-9-20)12-13-4-5-13;/h6-7,11,13,16,18,22H,1-5,8-10,12H2;1H. The maximum atomic E-state index is 13.3. The molecule has 0 spiro atoms. The van der Waals surface area contributed by atoms with Crippen molar-refractivity contribution in [1.29, 1.82) is 0 Å². The average Bonchev–Trinajstić information content (AvgIpc) is 3.37. The lowest BCUT2D eigenvalue weighted by Gasteiger charge is -2.58. The van der Waals surface area contributed by atoms with Gasteiger partial charge in [-0.15, -0.1) is 12.4 Å². The molecule has 1 saturated heterocycles. The highest BCUT2D eigenvalue weighted by Gasteiger charge is 2.57. The van der Waals surface area contributed by atoms with Crippen LogP contribution >= 0.6 is 12.4 Å². The molecule has 4 heteroatoms. The van der Waals surface area contributed by atoms with Gasteiger partial charge in [0.05, 0.1) is 6.04 Å². The molecule has 3 atom stereocenters. The quantitative estimate of drug-likeness (QED) is 0.881. The number of halogens is 1. The van der Waals surface area contributed by atoms with Crippen molar-refractivity contribution in [3.05, 3.63) is 29.3 Å². The number of ketones is 1. The first-order valence-corrected chi connectivity index (χ1v) is 9.31. The Morgan fingerprint density at radius 3 is 2.79 bits per heavy atom. The highest BCUT2D eigenvalue weighted by atomic mass is 35.5. The molecule has 1 N–H and O–H groups in total. The van der Waals surface area contributed by atoms with Crippen LogP contribution in [0.15, 0.2) is 18.2 Å². The van der Waals surface area contributed by atoms with Crippen LogP contribution in [0.3, 0.4) is 0 Å². The van der Waals surface area contributed by atoms with Crippen molar-refractivity contribution in [3.63, 3.8) is 0 Å². The molecule has 130 valence electrons. The average molecular weight is 348 g/mol. The Morgan fingerprint density at radius 2 is 2.00 bits per heavy atom. The number of piperidine rings is 1. The number of benzene rings is 1. The summed E-state index contributed by atoms with van der Waals surface area (Å²) in [6, 6.07) is 5.57. The largest absolute Gasteiger partial charge is 0.508 e. The predicted octanol–water partition coefficient (Wildman–Crippen LogP) is 3.92. The van der Waals surface area contributed by atoms with E-state index >= 15 is 0 Å². The Morgan fingerprint density at radius 1 is 1.17 bits per heavy atom. The van der Waals surface area contributed by atoms with Crippen LogP contribution in [0.1, 0.15) is 60.9 Å². The minimum atomic E-state index is 0. The number of fused-ring (bicyclic) bond motifs is 1. The maximum Gasteiger partial charge on any atom is 0.180 e. The number of hydrogen-bond acceptors (Lipinski definition) is 3. The van der Waals surface area contributed by atoms with Crippen LogP contribution in [0.25, 0.3) is 0 Å². The number of carbonyl (C=O) groups is 1. The number of carbonyl (C=O) groups excluding carboxylic acids is 1. The highest BCUT2D eigenvalue weighted by Crippen LogP contribution is 2.56. The van der Waals surface area contributed by atoms with Gasteiger partial charge in [0.25, 0.3) is 0 Å². The zero-order valence-corrected chi connectivity index (χ0v) is 14.9. The number of likely N-dealkylation sites (tertiary alicyclic amines) is 1. The van der Waals surface area contributed by atoms with Gasteiger partial charge in [-0.1, -0.05) is 12.8 Å². The van der Waals surface area contributed by atoms with Gasteiger partial charge in [0, 0.05) is 17.5 Å². The summed E-state index contributed by atoms with van der Waals surface area (Å²) in [4.78, 5) is 15.8. The van der Waals surface area contributed by atoms with Gasteiger partial charge >= 0.3 is 0 Å². The van der Waals surface area contributed by atoms with Crippen molar-refractivity contribution in [2.45, 2.75) is 56.4 Å². The molecule has 2 saturated carbocycles. The molecule has 5 rings (SSSR count). The molecule has 1 aromatic carbocycles. The number of rotatable bonds is 2. The van der Waals surface area contributed by atoms with E-state index in [1.54, 1.807) is 6.07 Å². The molecule has 3 nitrogen and oxygen atoms in total. The molecule has 0 radical (unpaired) electrons. The second-order valence-electron chi connectivity index (χ2n) is 8.24. The minimum Gasteiger partial charge on any atom is -0.508 e. The zero-order valence-electron chi connectivity index (χ0n) is 14.0. The molecule has 1 aliphatic heterocycles. The fourth-order valence-corrected chi connectivity index (χ4v) is 5.75. The monoisotopic (exact) mass is 347 g/mol. The summed E-state index contributed by atoms with van der Waals surface area (Å²) in [5.41, 5.74) is 2.20. The molecule has 1 aromatic rings. The fourth-order valence-electron chi connectivity index (χ4n) is 5.75. The molecule has 1 heterocycles. The summed E-state index contributed by atoms with van der Waals surface area (Å²) in [5, 5.41) is 10.0. The third-order valence-corrected chi connectivity index (χ3v) is 6.98. The third-order valence-electron chi connectivity index (χ3n) is 6.98. The van der Waals surface area contributed by atoms with E-state index in [0.29, 0.717) is 17.5 Å². The van der Waals surface area contributed by atoms with Gasteiger partial charge < -0.3 is 5.11 Å². The van der Waals surface area contributed by atoms with Gasteiger partial charge in [-0.25, -0.2) is 0 Å². The van der Waals surface area contributed by atoms with E-state index in [-0.39, 0.29) is 23.9 Å². The highest BCUT2D eigenvalue weighted by molar-refractivity contribution is 6.04. The van der Waals surface area contributed by atoms with Crippen LogP contribution < -0.4 is 0 Å². The number of phenolic OH excluding ortho intramolecular Hbond substituents is 1. The van der Waals surface area contributed by atoms with E-state index in [2.05, 4.69) is 4.90 Å². The number of nitrogens with zero attached hydrogens (tertiary/aromatic N) is 1. The first kappa shape index (κ1) is 16.4. The number of Topliss-reactive ketones (excluding diaryl/α,β-unsaturated/α-hetero) is 1. The Balaban J connectivity index is 0.00000146. The lowest BCUT2D eigenvalue weighted by Crippen LogP contribution is -2.63. The summed E-state index contributed by atoms with van der Waals surface area (Å²) in [6.07, 6.45) is 8.72. The van der Waals surface area contributed by atoms with E-state index in [4.69, 9.17) is 0 Å². The van der Waals surface area contributed by atoms with Crippen molar-refractivity contribution in [1.82, 2.24) is 4.90 Å². The molecule has 3 fully saturated rings. The Kier molecular flexibility index (Phi) is 3.92. The molecule has 24 heavy (non-hydrogen) atoms. The van der Waals surface area contributed by atoms with E-state index in [1.165, 1.54) is 38.5 Å². The van der Waals surface area contributed by atoms with E-state index < -0.39 is 0 Å². The van der Waals surface area contributed by atoms with Crippen LogP contribution in [0.5, 0.6) is 5.75 Å². The predicted molar refractivity (Wildman–Crippen MR) is 96.0 cm³/mol. The zero-order chi connectivity index (χ0) is 15.6. The normalized spacial score (nSPS) is 34.9. The first-order valence-electron chi connectivity index (χ1n) is 9.31. The summed E-state index contributed by atoms with van der Waals surface area (Å²) < 4.78 is 0. The van der Waals surface area contributed by atoms with Crippen LogP contribution in [0.4, 0.5) is 0 Å². The van der Waals surface area contributed by atoms with Crippen molar-refractivity contribution in [2.24, 2.45) is 11.8 Å². The number of hydrogen-bond donors (Lipinski definition) is 1. The Hall–Kier alpha value is -1.06. The minimum absolute atomic E-state index is 0. The second kappa shape index (κ2) is 5.74. The Bertz CT molecular complexity index is 672. The molecule has 3 aliphatic carbocycles. The fraction of sp³-hybridized carbons (Fsp3) is 0.650. The summed E-state index contributed by atoms with van der Waals surface area (Å²) in [7, 11) is 0. The van der Waals surface area contributed by atoms with E-state index in [9.17, 15) is 9.90 Å². The van der Waals surface area contributed by atoms with Gasteiger partial charge in [-0.3, -0.25) is 9.69 Å². The van der Waals surface area contributed by atoms with Crippen molar-refractivity contribution >= 4 is 18.2 Å². The molecule has 2 bridgehead atoms. The van der Waals surface area contributed by atoms with E-state index in [1.807, 2.05) is 12.1 Å². The van der Waals surface area contributed by atoms with Gasteiger partial charge in [0.1, 0.15) is 5.75 Å². The SMILES string of the molecule is Cl.O=C1c2ccc(O)cc2C23CCCCC2C1N(CC1CC1)CC3. The summed E-state index contributed by atoms with van der Waals surface area (Å²) in [6.45, 7) is 2.18. The lowest BCUT2D eigenvalue weighted by molar-refractivity contribution is -0.00439. The Labute approximate surface area is 149 Å². The van der Waals surface area contributed by atoms with Crippen LogP contribution in [-0.4, -0.2) is 34.9 Å². The molecule has 0 aromatic heterocycles. The van der Waals surface area contributed by atoms with Crippen molar-refractivity contribution < 1.29 is 9.90 Å². The van der Waals surface area contributed by atoms with Crippen molar-refractivity contribution in [3.8, 4) is 5.75 Å². The van der Waals surface area contributed by atoms with Crippen LogP contribution in [0.2, 0.25) is 0 Å². The number of aromatic hydroxyl groups is 1. The van der Waals surface area contributed by atoms with Crippen LogP contribution in [0, 0.1) is 11.8 Å². The van der Waals surface area contributed by atoms with E-state index in [0.717, 1.165) is 36.6 Å². The molecular weight excluding hydrogens is 322 g/mol. The van der Waals surface area contributed by atoms with Gasteiger partial charge in [0.15, 0.2) is 5.78 Å². The molecule has 3 unspecified atom stereocenters. The maximum absolute atomic E-state index is 13.3. The van der Waals surface area contributed by atoms with Gasteiger partial charge in [-0.05, 0) is 74.2 Å². The summed E-state index contributed by atoms with van der Waals surface area (Å²) >= 11 is 0. The van der Waals surface area contributed by atoms with Gasteiger partial charge in [0.2, 0.25) is 0 Å². The summed E-state index contributed by atoms with van der Waals surface area (Å²) in [5.74, 6) is 1.93. The van der Waals surface area contributed by atoms with Gasteiger partial charge in [-0.2, -0.15) is 0 Å². The lowest BCUT2D eigenvalue weighted by atomic mass is 9.52. The molecule has 0 amide bonds. The third kappa shape index (κ3) is 2.24. The second-order valence-corrected chi connectivity index (χ2v) is 8.24. The van der Waals surface area contributed by atoms with Crippen molar-refractivity contribution in [2.75, 3.05) is 13.1 Å². The smallest absolute Gasteiger partial charge is 0.180 e.